The number of nitrogens with zero attached hydrogens (tertiary/aromatic N) is 5. The molecule has 6 aromatic rings. The minimum absolute atomic E-state index is 0.261. The molecule has 0 aliphatic carbocycles. The zero-order valence-electron chi connectivity index (χ0n) is 20.1. The van der Waals surface area contributed by atoms with Crippen LogP contribution in [0.25, 0.3) is 55.6 Å². The average Bonchev–Trinajstić information content (AvgIpc) is 3.68. The van der Waals surface area contributed by atoms with E-state index in [1.165, 1.54) is 30.5 Å². The predicted octanol–water partition coefficient (Wildman–Crippen LogP) is 5.97. The molecule has 8 heteroatoms. The first-order valence-electron chi connectivity index (χ1n) is 12.4. The van der Waals surface area contributed by atoms with Crippen molar-refractivity contribution < 1.29 is 4.39 Å². The summed E-state index contributed by atoms with van der Waals surface area (Å²) in [7, 11) is 0. The third-order valence-electron chi connectivity index (χ3n) is 7.11. The first kappa shape index (κ1) is 21.8. The Balaban J connectivity index is 1.27. The highest BCUT2D eigenvalue weighted by Gasteiger charge is 2.16. The molecule has 2 N–H and O–H groups in total. The molecule has 7 rings (SSSR count). The maximum absolute atomic E-state index is 13.5. The van der Waals surface area contributed by atoms with Gasteiger partial charge in [0.2, 0.25) is 0 Å². The first-order valence-corrected chi connectivity index (χ1v) is 12.4. The number of rotatable bonds is 5. The molecular formula is C29H24FN7. The van der Waals surface area contributed by atoms with E-state index in [1.807, 2.05) is 18.6 Å². The summed E-state index contributed by atoms with van der Waals surface area (Å²) in [5.41, 5.74) is 8.36. The van der Waals surface area contributed by atoms with Gasteiger partial charge in [0.05, 0.1) is 23.1 Å². The van der Waals surface area contributed by atoms with Gasteiger partial charge in [-0.1, -0.05) is 12.1 Å². The Morgan fingerprint density at radius 1 is 0.811 bits per heavy atom. The summed E-state index contributed by atoms with van der Waals surface area (Å²) in [4.78, 5) is 19.5. The monoisotopic (exact) mass is 489 g/mol. The summed E-state index contributed by atoms with van der Waals surface area (Å²) in [6.45, 7) is 3.23. The lowest BCUT2D eigenvalue weighted by Crippen LogP contribution is -2.18. The zero-order valence-corrected chi connectivity index (χ0v) is 20.1. The maximum atomic E-state index is 13.5. The topological polar surface area (TPSA) is 86.4 Å². The van der Waals surface area contributed by atoms with Crippen molar-refractivity contribution in [2.45, 2.75) is 19.4 Å². The number of hydrogen-bond acceptors (Lipinski definition) is 5. The summed E-state index contributed by atoms with van der Waals surface area (Å²) in [6, 6.07) is 12.9. The summed E-state index contributed by atoms with van der Waals surface area (Å²) in [5.74, 6) is -0.261. The number of fused-ring (bicyclic) bond motifs is 2. The number of aromatic amines is 2. The van der Waals surface area contributed by atoms with Gasteiger partial charge < -0.3 is 4.98 Å². The fourth-order valence-corrected chi connectivity index (χ4v) is 5.24. The molecular weight excluding hydrogens is 465 g/mol. The second-order valence-electron chi connectivity index (χ2n) is 9.60. The summed E-state index contributed by atoms with van der Waals surface area (Å²) in [5, 5.41) is 9.52. The lowest BCUT2D eigenvalue weighted by Gasteiger charge is -2.14. The lowest BCUT2D eigenvalue weighted by atomic mass is 10.0. The molecule has 0 amide bonds. The standard InChI is InChI=1S/C29H24FN7/c30-22-5-3-19(4-6-22)25-15-32-16-27-23(25)11-26(34-27)28-24-10-21(14-33-29(24)36-35-28)20-9-18(12-31-13-20)17-37-7-1-2-8-37/h3-6,9-16,34H,1-2,7-8,17H2,(H,33,35,36). The van der Waals surface area contributed by atoms with Gasteiger partial charge in [-0.2, -0.15) is 5.10 Å². The molecule has 182 valence electrons. The largest absolute Gasteiger partial charge is 0.352 e. The SMILES string of the molecule is Fc1ccc(-c2cncc3[nH]c(-c4[nH]nc5ncc(-c6cncc(CN7CCCC7)c6)cc45)cc23)cc1. The van der Waals surface area contributed by atoms with Crippen molar-refractivity contribution in [2.75, 3.05) is 13.1 Å². The minimum atomic E-state index is -0.261. The highest BCUT2D eigenvalue weighted by atomic mass is 19.1. The number of nitrogens with one attached hydrogen (secondary N) is 2. The maximum Gasteiger partial charge on any atom is 0.181 e. The van der Waals surface area contributed by atoms with Crippen molar-refractivity contribution in [3.05, 3.63) is 84.8 Å². The molecule has 7 nitrogen and oxygen atoms in total. The van der Waals surface area contributed by atoms with Crippen LogP contribution in [-0.2, 0) is 6.54 Å². The molecule has 0 radical (unpaired) electrons. The molecule has 5 aromatic heterocycles. The lowest BCUT2D eigenvalue weighted by molar-refractivity contribution is 0.331. The first-order chi connectivity index (χ1) is 18.2. The molecule has 1 aliphatic rings. The number of benzene rings is 1. The molecule has 0 atom stereocenters. The van der Waals surface area contributed by atoms with Gasteiger partial charge in [0.1, 0.15) is 5.82 Å². The highest BCUT2D eigenvalue weighted by molar-refractivity contribution is 6.00. The Kier molecular flexibility index (Phi) is 5.25. The molecule has 1 aromatic carbocycles. The predicted molar refractivity (Wildman–Crippen MR) is 142 cm³/mol. The second-order valence-corrected chi connectivity index (χ2v) is 9.60. The van der Waals surface area contributed by atoms with Crippen molar-refractivity contribution in [3.63, 3.8) is 0 Å². The molecule has 1 fully saturated rings. The van der Waals surface area contributed by atoms with Crippen molar-refractivity contribution >= 4 is 21.9 Å². The minimum Gasteiger partial charge on any atom is -0.352 e. The van der Waals surface area contributed by atoms with E-state index in [4.69, 9.17) is 0 Å². The van der Waals surface area contributed by atoms with Crippen molar-refractivity contribution in [2.24, 2.45) is 0 Å². The molecule has 6 heterocycles. The van der Waals surface area contributed by atoms with Crippen LogP contribution in [0.5, 0.6) is 0 Å². The van der Waals surface area contributed by atoms with E-state index in [0.29, 0.717) is 5.65 Å². The second kappa shape index (κ2) is 8.90. The fourth-order valence-electron chi connectivity index (χ4n) is 5.24. The van der Waals surface area contributed by atoms with E-state index in [2.05, 4.69) is 53.2 Å². The molecule has 1 aliphatic heterocycles. The van der Waals surface area contributed by atoms with Crippen LogP contribution in [-0.4, -0.2) is 48.1 Å². The van der Waals surface area contributed by atoms with Gasteiger partial charge in [0.15, 0.2) is 5.65 Å². The number of pyridine rings is 3. The van der Waals surface area contributed by atoms with Gasteiger partial charge in [-0.25, -0.2) is 9.37 Å². The van der Waals surface area contributed by atoms with Crippen LogP contribution < -0.4 is 0 Å². The zero-order chi connectivity index (χ0) is 24.8. The average molecular weight is 490 g/mol. The van der Waals surface area contributed by atoms with Crippen LogP contribution in [0.1, 0.15) is 18.4 Å². The summed E-state index contributed by atoms with van der Waals surface area (Å²) >= 11 is 0. The molecule has 0 saturated carbocycles. The van der Waals surface area contributed by atoms with Crippen LogP contribution in [0.2, 0.25) is 0 Å². The highest BCUT2D eigenvalue weighted by Crippen LogP contribution is 2.34. The van der Waals surface area contributed by atoms with E-state index in [9.17, 15) is 4.39 Å². The van der Waals surface area contributed by atoms with Gasteiger partial charge in [-0.3, -0.25) is 20.0 Å². The Hall–Kier alpha value is -4.43. The van der Waals surface area contributed by atoms with Gasteiger partial charge in [-0.05, 0) is 67.4 Å². The quantitative estimate of drug-likeness (QED) is 0.312. The van der Waals surface area contributed by atoms with Crippen molar-refractivity contribution in [3.8, 4) is 33.6 Å². The van der Waals surface area contributed by atoms with Gasteiger partial charge >= 0.3 is 0 Å². The van der Waals surface area contributed by atoms with E-state index >= 15 is 0 Å². The number of halogens is 1. The van der Waals surface area contributed by atoms with Crippen LogP contribution in [0.3, 0.4) is 0 Å². The molecule has 0 spiro atoms. The van der Waals surface area contributed by atoms with Crippen LogP contribution >= 0.6 is 0 Å². The van der Waals surface area contributed by atoms with Gasteiger partial charge in [0, 0.05) is 58.8 Å². The van der Waals surface area contributed by atoms with E-state index in [-0.39, 0.29) is 5.82 Å². The van der Waals surface area contributed by atoms with Crippen LogP contribution in [0.15, 0.2) is 73.4 Å². The summed E-state index contributed by atoms with van der Waals surface area (Å²) < 4.78 is 13.5. The molecule has 0 unspecified atom stereocenters. The molecule has 0 bridgehead atoms. The Labute approximate surface area is 212 Å². The van der Waals surface area contributed by atoms with Crippen LogP contribution in [0, 0.1) is 5.82 Å². The smallest absolute Gasteiger partial charge is 0.181 e. The number of likely N-dealkylation sites (tertiary alicyclic amines) is 1. The van der Waals surface area contributed by atoms with E-state index < -0.39 is 0 Å². The Bertz CT molecular complexity index is 1730. The number of hydrogen-bond donors (Lipinski definition) is 2. The van der Waals surface area contributed by atoms with Crippen LogP contribution in [0.4, 0.5) is 4.39 Å². The van der Waals surface area contributed by atoms with Crippen molar-refractivity contribution in [1.82, 2.24) is 35.0 Å². The fraction of sp³-hybridized carbons (Fsp3) is 0.172. The third kappa shape index (κ3) is 4.05. The van der Waals surface area contributed by atoms with E-state index in [0.717, 1.165) is 69.6 Å². The third-order valence-corrected chi connectivity index (χ3v) is 7.11. The Morgan fingerprint density at radius 3 is 2.49 bits per heavy atom. The number of H-pyrrole nitrogens is 2. The molecule has 37 heavy (non-hydrogen) atoms. The molecule has 1 saturated heterocycles. The van der Waals surface area contributed by atoms with Gasteiger partial charge in [0.25, 0.3) is 0 Å². The normalized spacial score (nSPS) is 14.2. The van der Waals surface area contributed by atoms with Gasteiger partial charge in [-0.15, -0.1) is 0 Å². The Morgan fingerprint density at radius 2 is 1.62 bits per heavy atom. The van der Waals surface area contributed by atoms with E-state index in [1.54, 1.807) is 24.5 Å². The van der Waals surface area contributed by atoms with Crippen molar-refractivity contribution in [1.29, 1.82) is 0 Å². The number of aromatic nitrogens is 6. The summed E-state index contributed by atoms with van der Waals surface area (Å²) in [6.07, 6.45) is 11.8.